The standard InChI is InChI=1S/C18H30N2O6/c21-15(13-8-11-26-12-9-13)7-10-20-14(17(24)19-18(20)25)5-3-1-2-4-6-16(22)23/h13,15,21,24H,1-12H2,(H,19,25)(H,22,23). The van der Waals surface area contributed by atoms with Gasteiger partial charge in [0.1, 0.15) is 0 Å². The lowest BCUT2D eigenvalue weighted by Crippen LogP contribution is -2.30. The smallest absolute Gasteiger partial charge is 0.328 e. The second kappa shape index (κ2) is 10.4. The molecule has 1 fully saturated rings. The van der Waals surface area contributed by atoms with Crippen molar-refractivity contribution < 1.29 is 24.9 Å². The molecule has 1 aromatic rings. The second-order valence-electron chi connectivity index (χ2n) is 6.99. The maximum Gasteiger partial charge on any atom is 0.328 e. The number of ether oxygens (including phenoxy) is 1. The number of aromatic amines is 1. The SMILES string of the molecule is O=C(O)CCCCCCc1c(O)[nH]c(=O)n1CCC(O)C1CCOCC1. The molecule has 1 aliphatic rings. The Morgan fingerprint density at radius 3 is 2.62 bits per heavy atom. The fourth-order valence-corrected chi connectivity index (χ4v) is 3.50. The largest absolute Gasteiger partial charge is 0.493 e. The Morgan fingerprint density at radius 2 is 1.92 bits per heavy atom. The first-order chi connectivity index (χ1) is 12.5. The zero-order valence-corrected chi connectivity index (χ0v) is 15.2. The predicted molar refractivity (Wildman–Crippen MR) is 95.3 cm³/mol. The van der Waals surface area contributed by atoms with Gasteiger partial charge < -0.3 is 20.1 Å². The number of aliphatic carboxylic acids is 1. The third-order valence-corrected chi connectivity index (χ3v) is 5.08. The number of aromatic hydroxyl groups is 1. The second-order valence-corrected chi connectivity index (χ2v) is 6.99. The number of aromatic nitrogens is 2. The lowest BCUT2D eigenvalue weighted by molar-refractivity contribution is -0.137. The number of aliphatic hydroxyl groups is 1. The summed E-state index contributed by atoms with van der Waals surface area (Å²) in [6, 6.07) is 0. The van der Waals surface area contributed by atoms with E-state index in [1.807, 2.05) is 0 Å². The van der Waals surface area contributed by atoms with Crippen LogP contribution >= 0.6 is 0 Å². The van der Waals surface area contributed by atoms with Crippen molar-refractivity contribution in [3.8, 4) is 5.88 Å². The van der Waals surface area contributed by atoms with Crippen LogP contribution in [-0.2, 0) is 22.5 Å². The average molecular weight is 370 g/mol. The predicted octanol–water partition coefficient (Wildman–Crippen LogP) is 1.64. The van der Waals surface area contributed by atoms with Gasteiger partial charge in [0.05, 0.1) is 11.8 Å². The molecular formula is C18H30N2O6. The number of H-pyrrole nitrogens is 1. The van der Waals surface area contributed by atoms with Crippen molar-refractivity contribution in [3.63, 3.8) is 0 Å². The number of carboxylic acid groups (broad SMARTS) is 1. The van der Waals surface area contributed by atoms with E-state index in [4.69, 9.17) is 9.84 Å². The van der Waals surface area contributed by atoms with Crippen molar-refractivity contribution in [1.29, 1.82) is 0 Å². The van der Waals surface area contributed by atoms with Crippen molar-refractivity contribution in [3.05, 3.63) is 16.2 Å². The number of unbranched alkanes of at least 4 members (excludes halogenated alkanes) is 3. The van der Waals surface area contributed by atoms with Gasteiger partial charge in [-0.25, -0.2) is 4.79 Å². The number of aliphatic hydroxyl groups excluding tert-OH is 1. The third kappa shape index (κ3) is 6.17. The summed E-state index contributed by atoms with van der Waals surface area (Å²) in [5.74, 6) is -0.698. The summed E-state index contributed by atoms with van der Waals surface area (Å²) in [6.45, 7) is 1.70. The minimum atomic E-state index is -0.787. The Kier molecular flexibility index (Phi) is 8.18. The number of imidazole rings is 1. The average Bonchev–Trinajstić information content (AvgIpc) is 2.89. The van der Waals surface area contributed by atoms with Crippen LogP contribution in [0.2, 0.25) is 0 Å². The molecule has 1 saturated heterocycles. The van der Waals surface area contributed by atoms with Gasteiger partial charge in [-0.3, -0.25) is 14.3 Å². The monoisotopic (exact) mass is 370 g/mol. The molecule has 0 aromatic carbocycles. The highest BCUT2D eigenvalue weighted by Gasteiger charge is 2.23. The van der Waals surface area contributed by atoms with E-state index in [0.29, 0.717) is 44.7 Å². The van der Waals surface area contributed by atoms with Gasteiger partial charge in [-0.1, -0.05) is 12.8 Å². The van der Waals surface area contributed by atoms with Gasteiger partial charge in [-0.2, -0.15) is 0 Å². The first-order valence-corrected chi connectivity index (χ1v) is 9.47. The highest BCUT2D eigenvalue weighted by atomic mass is 16.5. The van der Waals surface area contributed by atoms with Gasteiger partial charge in [0, 0.05) is 26.2 Å². The molecule has 4 N–H and O–H groups in total. The van der Waals surface area contributed by atoms with Gasteiger partial charge in [0.25, 0.3) is 0 Å². The molecule has 148 valence electrons. The van der Waals surface area contributed by atoms with Crippen molar-refractivity contribution in [2.24, 2.45) is 5.92 Å². The molecule has 0 spiro atoms. The van der Waals surface area contributed by atoms with Crippen LogP contribution in [0.3, 0.4) is 0 Å². The molecule has 0 saturated carbocycles. The van der Waals surface area contributed by atoms with E-state index >= 15 is 0 Å². The number of carboxylic acids is 1. The molecule has 8 heteroatoms. The van der Waals surface area contributed by atoms with Crippen molar-refractivity contribution in [2.45, 2.75) is 70.4 Å². The summed E-state index contributed by atoms with van der Waals surface area (Å²) < 4.78 is 6.81. The topological polar surface area (TPSA) is 125 Å². The molecule has 26 heavy (non-hydrogen) atoms. The minimum Gasteiger partial charge on any atom is -0.493 e. The van der Waals surface area contributed by atoms with E-state index in [-0.39, 0.29) is 23.9 Å². The molecular weight excluding hydrogens is 340 g/mol. The van der Waals surface area contributed by atoms with Gasteiger partial charge >= 0.3 is 11.7 Å². The van der Waals surface area contributed by atoms with Crippen LogP contribution in [0.4, 0.5) is 0 Å². The van der Waals surface area contributed by atoms with Gasteiger partial charge in [-0.15, -0.1) is 0 Å². The van der Waals surface area contributed by atoms with Crippen molar-refractivity contribution in [1.82, 2.24) is 9.55 Å². The molecule has 0 radical (unpaired) electrons. The van der Waals surface area contributed by atoms with E-state index in [1.165, 1.54) is 4.57 Å². The zero-order chi connectivity index (χ0) is 18.9. The Labute approximate surface area is 152 Å². The molecule has 0 aliphatic carbocycles. The molecule has 2 heterocycles. The molecule has 1 atom stereocenters. The van der Waals surface area contributed by atoms with E-state index in [2.05, 4.69) is 4.98 Å². The van der Waals surface area contributed by atoms with Crippen LogP contribution in [0.25, 0.3) is 0 Å². The lowest BCUT2D eigenvalue weighted by Gasteiger charge is -2.26. The highest BCUT2D eigenvalue weighted by Crippen LogP contribution is 2.22. The Hall–Kier alpha value is -1.80. The molecule has 1 unspecified atom stereocenters. The number of carbonyl (C=O) groups is 1. The van der Waals surface area contributed by atoms with Crippen LogP contribution in [0.1, 0.15) is 57.1 Å². The normalized spacial score (nSPS) is 16.7. The Balaban J connectivity index is 1.82. The van der Waals surface area contributed by atoms with Crippen LogP contribution in [0.5, 0.6) is 5.88 Å². The maximum atomic E-state index is 12.0. The summed E-state index contributed by atoms with van der Waals surface area (Å²) in [4.78, 5) is 25.0. The summed E-state index contributed by atoms with van der Waals surface area (Å²) >= 11 is 0. The van der Waals surface area contributed by atoms with Crippen LogP contribution in [0, 0.1) is 5.92 Å². The quantitative estimate of drug-likeness (QED) is 0.439. The molecule has 8 nitrogen and oxygen atoms in total. The molecule has 1 aromatic heterocycles. The maximum absolute atomic E-state index is 12.0. The minimum absolute atomic E-state index is 0.110. The van der Waals surface area contributed by atoms with Gasteiger partial charge in [0.2, 0.25) is 5.88 Å². The Morgan fingerprint density at radius 1 is 1.23 bits per heavy atom. The fourth-order valence-electron chi connectivity index (χ4n) is 3.50. The number of nitrogens with one attached hydrogen (secondary N) is 1. The van der Waals surface area contributed by atoms with Crippen LogP contribution in [0.15, 0.2) is 4.79 Å². The van der Waals surface area contributed by atoms with Crippen molar-refractivity contribution >= 4 is 5.97 Å². The van der Waals surface area contributed by atoms with E-state index in [1.54, 1.807) is 0 Å². The first-order valence-electron chi connectivity index (χ1n) is 9.47. The Bertz CT molecular complexity index is 618. The van der Waals surface area contributed by atoms with Crippen molar-refractivity contribution in [2.75, 3.05) is 13.2 Å². The summed E-state index contributed by atoms with van der Waals surface area (Å²) in [6.07, 6.45) is 5.43. The number of nitrogens with zero attached hydrogens (tertiary/aromatic N) is 1. The summed E-state index contributed by atoms with van der Waals surface area (Å²) in [7, 11) is 0. The number of rotatable bonds is 11. The van der Waals surface area contributed by atoms with Gasteiger partial charge in [-0.05, 0) is 44.4 Å². The first kappa shape index (κ1) is 20.5. The van der Waals surface area contributed by atoms with Crippen LogP contribution in [-0.4, -0.2) is 50.2 Å². The zero-order valence-electron chi connectivity index (χ0n) is 15.2. The molecule has 2 rings (SSSR count). The lowest BCUT2D eigenvalue weighted by atomic mass is 9.92. The highest BCUT2D eigenvalue weighted by molar-refractivity contribution is 5.66. The van der Waals surface area contributed by atoms with E-state index < -0.39 is 12.1 Å². The summed E-state index contributed by atoms with van der Waals surface area (Å²) in [5.41, 5.74) is 0.204. The van der Waals surface area contributed by atoms with Crippen LogP contribution < -0.4 is 5.69 Å². The van der Waals surface area contributed by atoms with Gasteiger partial charge in [0.15, 0.2) is 0 Å². The molecule has 1 aliphatic heterocycles. The number of hydrogen-bond acceptors (Lipinski definition) is 5. The van der Waals surface area contributed by atoms with E-state index in [9.17, 15) is 19.8 Å². The fraction of sp³-hybridized carbons (Fsp3) is 0.778. The third-order valence-electron chi connectivity index (χ3n) is 5.08. The summed E-state index contributed by atoms with van der Waals surface area (Å²) in [5, 5.41) is 28.9. The molecule has 0 amide bonds. The van der Waals surface area contributed by atoms with E-state index in [0.717, 1.165) is 32.1 Å². The number of hydrogen-bond donors (Lipinski definition) is 4. The molecule has 0 bridgehead atoms.